The number of phenolic OH excluding ortho intramolecular Hbond substituents is 1. The minimum Gasteiger partial charge on any atom is -0.508 e. The summed E-state index contributed by atoms with van der Waals surface area (Å²) >= 11 is 1.68. The Morgan fingerprint density at radius 3 is 2.90 bits per heavy atom. The number of hydrogen-bond acceptors (Lipinski definition) is 4. The van der Waals surface area contributed by atoms with Crippen LogP contribution >= 0.6 is 11.3 Å². The van der Waals surface area contributed by atoms with Gasteiger partial charge >= 0.3 is 0 Å². The zero-order valence-electron chi connectivity index (χ0n) is 10.8. The highest BCUT2D eigenvalue weighted by molar-refractivity contribution is 7.16. The lowest BCUT2D eigenvalue weighted by Gasteiger charge is -2.27. The van der Waals surface area contributed by atoms with E-state index in [4.69, 9.17) is 0 Å². The van der Waals surface area contributed by atoms with Gasteiger partial charge in [0.05, 0.1) is 5.56 Å². The normalized spacial score (nSPS) is 20.0. The van der Waals surface area contributed by atoms with Crippen LogP contribution < -0.4 is 10.6 Å². The average Bonchev–Trinajstić information content (AvgIpc) is 2.98. The summed E-state index contributed by atoms with van der Waals surface area (Å²) in [5.74, 6) is 0.157. The molecule has 1 aromatic heterocycles. The number of thiophene rings is 1. The molecule has 0 fully saturated rings. The standard InChI is InChI=1S/C15H14N2O2S/c18-10-6-2-1-4-8(10)13-16-14(19)12-9-5-3-7-11(9)20-15(12)17-13/h1-2,4,6,13,17-18H,3,5,7H2,(H,16,19)/t13-/m1/s1. The van der Waals surface area contributed by atoms with Crippen molar-refractivity contribution in [1.82, 2.24) is 5.32 Å². The fourth-order valence-corrected chi connectivity index (χ4v) is 4.32. The minimum absolute atomic E-state index is 0.0357. The fourth-order valence-electron chi connectivity index (χ4n) is 3.00. The number of hydrogen-bond donors (Lipinski definition) is 3. The van der Waals surface area contributed by atoms with Crippen molar-refractivity contribution in [3.05, 3.63) is 45.8 Å². The van der Waals surface area contributed by atoms with Crippen molar-refractivity contribution >= 4 is 22.2 Å². The number of anilines is 1. The number of aromatic hydroxyl groups is 1. The number of benzene rings is 1. The van der Waals surface area contributed by atoms with Crippen LogP contribution in [0, 0.1) is 0 Å². The third-order valence-corrected chi connectivity index (χ3v) is 5.17. The number of phenols is 1. The van der Waals surface area contributed by atoms with Gasteiger partial charge in [-0.15, -0.1) is 11.3 Å². The van der Waals surface area contributed by atoms with Gasteiger partial charge in [0.1, 0.15) is 16.9 Å². The second-order valence-corrected chi connectivity index (χ2v) is 6.28. The first-order valence-electron chi connectivity index (χ1n) is 6.74. The van der Waals surface area contributed by atoms with E-state index in [9.17, 15) is 9.90 Å². The van der Waals surface area contributed by atoms with Crippen LogP contribution in [0.2, 0.25) is 0 Å². The van der Waals surface area contributed by atoms with Crippen LogP contribution in [0.25, 0.3) is 0 Å². The lowest BCUT2D eigenvalue weighted by molar-refractivity contribution is 0.0935. The SMILES string of the molecule is O=C1N[C@@H](c2ccccc2O)Nc2sc3c(c21)CCC3. The summed E-state index contributed by atoms with van der Waals surface area (Å²) in [5, 5.41) is 17.1. The number of para-hydroxylation sites is 1. The van der Waals surface area contributed by atoms with Gasteiger partial charge in [-0.05, 0) is 30.9 Å². The van der Waals surface area contributed by atoms with Gasteiger partial charge in [-0.25, -0.2) is 0 Å². The van der Waals surface area contributed by atoms with Crippen molar-refractivity contribution in [2.75, 3.05) is 5.32 Å². The first-order chi connectivity index (χ1) is 9.74. The largest absolute Gasteiger partial charge is 0.508 e. The molecule has 4 rings (SSSR count). The number of nitrogens with one attached hydrogen (secondary N) is 2. The lowest BCUT2D eigenvalue weighted by atomic mass is 10.1. The molecule has 1 aromatic carbocycles. The van der Waals surface area contributed by atoms with Gasteiger partial charge in [-0.3, -0.25) is 4.79 Å². The Kier molecular flexibility index (Phi) is 2.50. The summed E-state index contributed by atoms with van der Waals surface area (Å²) in [5.41, 5.74) is 2.72. The van der Waals surface area contributed by atoms with Gasteiger partial charge in [0.2, 0.25) is 0 Å². The van der Waals surface area contributed by atoms with E-state index in [1.165, 1.54) is 10.4 Å². The highest BCUT2D eigenvalue weighted by atomic mass is 32.1. The molecule has 2 aromatic rings. The van der Waals surface area contributed by atoms with Crippen molar-refractivity contribution in [2.45, 2.75) is 25.4 Å². The Hall–Kier alpha value is -2.01. The maximum atomic E-state index is 12.4. The lowest BCUT2D eigenvalue weighted by Crippen LogP contribution is -2.38. The molecule has 1 aliphatic carbocycles. The molecule has 2 aliphatic rings. The second kappa shape index (κ2) is 4.24. The summed E-state index contributed by atoms with van der Waals surface area (Å²) in [6.07, 6.45) is 2.85. The predicted octanol–water partition coefficient (Wildman–Crippen LogP) is 2.80. The quantitative estimate of drug-likeness (QED) is 0.755. The van der Waals surface area contributed by atoms with Crippen LogP contribution in [-0.2, 0) is 12.8 Å². The van der Waals surface area contributed by atoms with Gasteiger partial charge < -0.3 is 15.7 Å². The smallest absolute Gasteiger partial charge is 0.256 e. The summed E-state index contributed by atoms with van der Waals surface area (Å²) in [4.78, 5) is 13.7. The molecular formula is C15H14N2O2S. The van der Waals surface area contributed by atoms with Crippen molar-refractivity contribution in [3.63, 3.8) is 0 Å². The summed E-state index contributed by atoms with van der Waals surface area (Å²) in [6.45, 7) is 0. The van der Waals surface area contributed by atoms with Crippen LogP contribution in [0.15, 0.2) is 24.3 Å². The Labute approximate surface area is 120 Å². The van der Waals surface area contributed by atoms with Crippen LogP contribution in [0.1, 0.15) is 38.9 Å². The van der Waals surface area contributed by atoms with Crippen LogP contribution in [0.4, 0.5) is 5.00 Å². The maximum Gasteiger partial charge on any atom is 0.256 e. The molecular weight excluding hydrogens is 272 g/mol. The van der Waals surface area contributed by atoms with E-state index in [0.717, 1.165) is 29.8 Å². The summed E-state index contributed by atoms with van der Waals surface area (Å²) in [6, 6.07) is 7.08. The average molecular weight is 286 g/mol. The first kappa shape index (κ1) is 11.8. The minimum atomic E-state index is -0.366. The molecule has 1 aliphatic heterocycles. The van der Waals surface area contributed by atoms with Crippen LogP contribution in [-0.4, -0.2) is 11.0 Å². The number of rotatable bonds is 1. The van der Waals surface area contributed by atoms with E-state index in [0.29, 0.717) is 5.56 Å². The zero-order valence-corrected chi connectivity index (χ0v) is 11.6. The molecule has 102 valence electrons. The van der Waals surface area contributed by atoms with Gasteiger partial charge in [-0.2, -0.15) is 0 Å². The van der Waals surface area contributed by atoms with Gasteiger partial charge in [-0.1, -0.05) is 18.2 Å². The van der Waals surface area contributed by atoms with Crippen molar-refractivity contribution in [2.24, 2.45) is 0 Å². The molecule has 3 N–H and O–H groups in total. The van der Waals surface area contributed by atoms with Crippen molar-refractivity contribution in [3.8, 4) is 5.75 Å². The Bertz CT molecular complexity index is 708. The molecule has 20 heavy (non-hydrogen) atoms. The Morgan fingerprint density at radius 2 is 2.05 bits per heavy atom. The van der Waals surface area contributed by atoms with E-state index in [1.54, 1.807) is 23.5 Å². The molecule has 0 bridgehead atoms. The second-order valence-electron chi connectivity index (χ2n) is 5.17. The van der Waals surface area contributed by atoms with E-state index < -0.39 is 0 Å². The number of carbonyl (C=O) groups is 1. The molecule has 2 heterocycles. The van der Waals surface area contributed by atoms with E-state index in [-0.39, 0.29) is 17.8 Å². The zero-order chi connectivity index (χ0) is 13.7. The third kappa shape index (κ3) is 1.63. The predicted molar refractivity (Wildman–Crippen MR) is 78.3 cm³/mol. The maximum absolute atomic E-state index is 12.4. The number of carbonyl (C=O) groups excluding carboxylic acids is 1. The fraction of sp³-hybridized carbons (Fsp3) is 0.267. The van der Waals surface area contributed by atoms with Gasteiger partial charge in [0.25, 0.3) is 5.91 Å². The number of amides is 1. The van der Waals surface area contributed by atoms with Gasteiger partial charge in [0, 0.05) is 10.4 Å². The molecule has 0 saturated carbocycles. The summed E-state index contributed by atoms with van der Waals surface area (Å²) in [7, 11) is 0. The molecule has 0 saturated heterocycles. The van der Waals surface area contributed by atoms with Crippen molar-refractivity contribution in [1.29, 1.82) is 0 Å². The highest BCUT2D eigenvalue weighted by Gasteiger charge is 2.33. The molecule has 0 radical (unpaired) electrons. The first-order valence-corrected chi connectivity index (χ1v) is 7.55. The van der Waals surface area contributed by atoms with Gasteiger partial charge in [0.15, 0.2) is 0 Å². The summed E-state index contributed by atoms with van der Waals surface area (Å²) < 4.78 is 0. The van der Waals surface area contributed by atoms with Crippen molar-refractivity contribution < 1.29 is 9.90 Å². The Balaban J connectivity index is 1.75. The molecule has 0 unspecified atom stereocenters. The molecule has 1 amide bonds. The van der Waals surface area contributed by atoms with E-state index in [1.807, 2.05) is 12.1 Å². The van der Waals surface area contributed by atoms with E-state index in [2.05, 4.69) is 10.6 Å². The number of aryl methyl sites for hydroxylation is 1. The molecule has 1 atom stereocenters. The highest BCUT2D eigenvalue weighted by Crippen LogP contribution is 2.42. The molecule has 4 nitrogen and oxygen atoms in total. The Morgan fingerprint density at radius 1 is 1.20 bits per heavy atom. The van der Waals surface area contributed by atoms with E-state index >= 15 is 0 Å². The molecule has 5 heteroatoms. The monoisotopic (exact) mass is 286 g/mol. The third-order valence-electron chi connectivity index (χ3n) is 3.95. The van der Waals surface area contributed by atoms with Crippen LogP contribution in [0.5, 0.6) is 5.75 Å². The number of fused-ring (bicyclic) bond motifs is 3. The topological polar surface area (TPSA) is 61.4 Å². The van der Waals surface area contributed by atoms with Crippen LogP contribution in [0.3, 0.4) is 0 Å². The molecule has 0 spiro atoms.